The maximum Gasteiger partial charge on any atom is 0.407 e. The zero-order chi connectivity index (χ0) is 26.1. The predicted molar refractivity (Wildman–Crippen MR) is 142 cm³/mol. The maximum atomic E-state index is 11.4. The fourth-order valence-corrected chi connectivity index (χ4v) is 4.81. The van der Waals surface area contributed by atoms with Gasteiger partial charge in [-0.15, -0.1) is 10.2 Å². The topological polar surface area (TPSA) is 111 Å². The summed E-state index contributed by atoms with van der Waals surface area (Å²) in [4.78, 5) is 14.9. The second kappa shape index (κ2) is 10.0. The first-order valence-electron chi connectivity index (χ1n) is 12.4. The molecule has 38 heavy (non-hydrogen) atoms. The summed E-state index contributed by atoms with van der Waals surface area (Å²) in [6.45, 7) is 2.89. The number of nitrogens with zero attached hydrogens (tertiary/aromatic N) is 4. The van der Waals surface area contributed by atoms with Crippen LogP contribution < -0.4 is 4.74 Å². The van der Waals surface area contributed by atoms with Crippen molar-refractivity contribution in [1.29, 1.82) is 0 Å². The number of hydrogen-bond acceptors (Lipinski definition) is 7. The van der Waals surface area contributed by atoms with E-state index < -0.39 is 6.09 Å². The molecule has 3 aromatic carbocycles. The van der Waals surface area contributed by atoms with E-state index in [4.69, 9.17) is 9.15 Å². The molecule has 0 unspecified atom stereocenters. The highest BCUT2D eigenvalue weighted by Crippen LogP contribution is 2.42. The number of furan rings is 1. The van der Waals surface area contributed by atoms with Gasteiger partial charge < -0.3 is 24.3 Å². The average molecular weight is 511 g/mol. The fraction of sp³-hybridized carbons (Fsp3) is 0.207. The fourth-order valence-electron chi connectivity index (χ4n) is 4.81. The van der Waals surface area contributed by atoms with Crippen LogP contribution in [0, 0.1) is 0 Å². The van der Waals surface area contributed by atoms with Gasteiger partial charge in [-0.1, -0.05) is 48.5 Å². The minimum atomic E-state index is -0.905. The van der Waals surface area contributed by atoms with Crippen LogP contribution in [0.4, 0.5) is 10.5 Å². The van der Waals surface area contributed by atoms with E-state index in [0.29, 0.717) is 67.5 Å². The van der Waals surface area contributed by atoms with Crippen molar-refractivity contribution in [3.8, 4) is 11.5 Å². The Morgan fingerprint density at radius 3 is 2.53 bits per heavy atom. The Bertz CT molecular complexity index is 1550. The van der Waals surface area contributed by atoms with Crippen molar-refractivity contribution < 1.29 is 24.2 Å². The van der Waals surface area contributed by atoms with Gasteiger partial charge in [0.1, 0.15) is 17.9 Å². The third-order valence-corrected chi connectivity index (χ3v) is 6.89. The third kappa shape index (κ3) is 4.59. The van der Waals surface area contributed by atoms with E-state index in [2.05, 4.69) is 15.1 Å². The molecule has 0 saturated carbocycles. The van der Waals surface area contributed by atoms with Gasteiger partial charge >= 0.3 is 6.09 Å². The molecule has 192 valence electrons. The number of aromatic hydroxyl groups is 1. The highest BCUT2D eigenvalue weighted by Gasteiger charge is 2.25. The molecule has 2 aliphatic rings. The maximum absolute atomic E-state index is 11.4. The van der Waals surface area contributed by atoms with Crippen molar-refractivity contribution in [2.45, 2.75) is 13.2 Å². The summed E-state index contributed by atoms with van der Waals surface area (Å²) in [6.07, 6.45) is 0.794. The number of fused-ring (bicyclic) bond motifs is 2. The normalized spacial score (nSPS) is 16.3. The lowest BCUT2D eigenvalue weighted by Gasteiger charge is -2.33. The minimum Gasteiger partial charge on any atom is -0.504 e. The Hall–Kier alpha value is -4.63. The van der Waals surface area contributed by atoms with Crippen molar-refractivity contribution in [2.24, 2.45) is 10.2 Å². The van der Waals surface area contributed by atoms with Crippen molar-refractivity contribution in [2.75, 3.05) is 26.2 Å². The molecule has 2 aliphatic heterocycles. The van der Waals surface area contributed by atoms with E-state index in [1.54, 1.807) is 12.1 Å². The molecule has 0 spiro atoms. The number of ether oxygens (including phenoxy) is 1. The molecular formula is C29H26N4O5. The quantitative estimate of drug-likeness (QED) is 0.324. The molecule has 3 heterocycles. The van der Waals surface area contributed by atoms with Gasteiger partial charge in [0.25, 0.3) is 0 Å². The van der Waals surface area contributed by atoms with E-state index in [1.807, 2.05) is 60.7 Å². The summed E-state index contributed by atoms with van der Waals surface area (Å²) < 4.78 is 12.5. The van der Waals surface area contributed by atoms with Gasteiger partial charge in [-0.2, -0.15) is 0 Å². The first-order valence-corrected chi connectivity index (χ1v) is 12.4. The molecular weight excluding hydrogens is 484 g/mol. The Labute approximate surface area is 218 Å². The number of hydrogen-bond donors (Lipinski definition) is 2. The van der Waals surface area contributed by atoms with Gasteiger partial charge in [-0.3, -0.25) is 4.90 Å². The van der Waals surface area contributed by atoms with Crippen molar-refractivity contribution in [1.82, 2.24) is 9.80 Å². The highest BCUT2D eigenvalue weighted by molar-refractivity contribution is 5.95. The molecule has 1 amide bonds. The monoisotopic (exact) mass is 510 g/mol. The molecule has 9 nitrogen and oxygen atoms in total. The summed E-state index contributed by atoms with van der Waals surface area (Å²) in [7, 11) is 0. The zero-order valence-electron chi connectivity index (χ0n) is 20.6. The van der Waals surface area contributed by atoms with Crippen LogP contribution in [0.3, 0.4) is 0 Å². The number of carbonyl (C=O) groups is 1. The van der Waals surface area contributed by atoms with E-state index >= 15 is 0 Å². The number of amides is 1. The van der Waals surface area contributed by atoms with Gasteiger partial charge in [0.2, 0.25) is 0 Å². The van der Waals surface area contributed by atoms with Gasteiger partial charge in [-0.25, -0.2) is 4.79 Å². The largest absolute Gasteiger partial charge is 0.504 e. The number of piperazine rings is 1. The summed E-state index contributed by atoms with van der Waals surface area (Å²) in [6, 6.07) is 21.2. The van der Waals surface area contributed by atoms with Gasteiger partial charge in [-0.05, 0) is 23.8 Å². The van der Waals surface area contributed by atoms with Crippen LogP contribution >= 0.6 is 0 Å². The van der Waals surface area contributed by atoms with Gasteiger partial charge in [0, 0.05) is 44.4 Å². The lowest BCUT2D eigenvalue weighted by molar-refractivity contribution is 0.102. The van der Waals surface area contributed by atoms with Crippen molar-refractivity contribution >= 4 is 34.5 Å². The standard InChI is InChI=1S/C29H26N4O5/c34-27-21-10-11-25(37-18-19-6-2-1-3-7-19)22(17-32-12-14-33(15-13-32)29(35)36)28(21)38-26(27)16-24-20-8-4-5-9-23(20)30-31-24/h1-11,16,34H,12-15,17-18H2,(H,35,36). The number of rotatable bonds is 6. The number of azo groups is 1. The molecule has 1 saturated heterocycles. The SMILES string of the molecule is O=C(O)N1CCN(Cc2c(OCc3ccccc3)ccc3c(O)c(C=C4N=Nc5ccccc54)oc23)CC1. The lowest BCUT2D eigenvalue weighted by atomic mass is 10.1. The minimum absolute atomic E-state index is 0.0265. The molecule has 4 aromatic rings. The van der Waals surface area contributed by atoms with Gasteiger partial charge in [0.15, 0.2) is 11.5 Å². The van der Waals surface area contributed by atoms with E-state index in [-0.39, 0.29) is 5.75 Å². The molecule has 0 bridgehead atoms. The van der Waals surface area contributed by atoms with Crippen molar-refractivity contribution in [3.05, 3.63) is 89.2 Å². The number of benzene rings is 3. The van der Waals surface area contributed by atoms with Crippen LogP contribution in [-0.2, 0) is 13.2 Å². The molecule has 6 rings (SSSR count). The number of carboxylic acid groups (broad SMARTS) is 1. The molecule has 9 heteroatoms. The Balaban J connectivity index is 1.36. The van der Waals surface area contributed by atoms with E-state index in [9.17, 15) is 15.0 Å². The van der Waals surface area contributed by atoms with Crippen LogP contribution in [0.1, 0.15) is 22.5 Å². The predicted octanol–water partition coefficient (Wildman–Crippen LogP) is 6.11. The first kappa shape index (κ1) is 23.7. The molecule has 2 N–H and O–H groups in total. The molecule has 1 fully saturated rings. The van der Waals surface area contributed by atoms with Crippen LogP contribution in [-0.4, -0.2) is 52.3 Å². The van der Waals surface area contributed by atoms with Gasteiger partial charge in [0.05, 0.1) is 22.3 Å². The Kier molecular flexibility index (Phi) is 6.27. The summed E-state index contributed by atoms with van der Waals surface area (Å²) >= 11 is 0. The molecule has 0 atom stereocenters. The highest BCUT2D eigenvalue weighted by atomic mass is 16.5. The first-order chi connectivity index (χ1) is 18.6. The summed E-state index contributed by atoms with van der Waals surface area (Å²) in [5.41, 5.74) is 4.62. The molecule has 0 aliphatic carbocycles. The zero-order valence-corrected chi connectivity index (χ0v) is 20.6. The third-order valence-electron chi connectivity index (χ3n) is 6.89. The second-order valence-corrected chi connectivity index (χ2v) is 9.30. The Morgan fingerprint density at radius 2 is 1.74 bits per heavy atom. The van der Waals surface area contributed by atoms with E-state index in [0.717, 1.165) is 22.4 Å². The van der Waals surface area contributed by atoms with Crippen LogP contribution in [0.5, 0.6) is 11.5 Å². The second-order valence-electron chi connectivity index (χ2n) is 9.30. The van der Waals surface area contributed by atoms with Crippen LogP contribution in [0.25, 0.3) is 22.7 Å². The average Bonchev–Trinajstić information content (AvgIpc) is 3.50. The summed E-state index contributed by atoms with van der Waals surface area (Å²) in [5, 5.41) is 29.4. The molecule has 0 radical (unpaired) electrons. The Morgan fingerprint density at radius 1 is 0.974 bits per heavy atom. The van der Waals surface area contributed by atoms with Crippen LogP contribution in [0.15, 0.2) is 81.4 Å². The van der Waals surface area contributed by atoms with Crippen LogP contribution in [0.2, 0.25) is 0 Å². The van der Waals surface area contributed by atoms with Crippen molar-refractivity contribution in [3.63, 3.8) is 0 Å². The summed E-state index contributed by atoms with van der Waals surface area (Å²) in [5.74, 6) is 0.974. The smallest absolute Gasteiger partial charge is 0.407 e. The molecule has 1 aromatic heterocycles. The lowest BCUT2D eigenvalue weighted by Crippen LogP contribution is -2.47. The van der Waals surface area contributed by atoms with E-state index in [1.165, 1.54) is 4.90 Å².